The molecule has 1 aromatic heterocycles. The van der Waals surface area contributed by atoms with E-state index in [1.165, 1.54) is 12.1 Å². The van der Waals surface area contributed by atoms with Gasteiger partial charge in [-0.1, -0.05) is 45.8 Å². The summed E-state index contributed by atoms with van der Waals surface area (Å²) in [5.74, 6) is 0.208. The highest BCUT2D eigenvalue weighted by atomic mass is 79.9. The molecule has 0 amide bonds. The molecule has 0 fully saturated rings. The van der Waals surface area contributed by atoms with Crippen LogP contribution in [0.1, 0.15) is 5.56 Å². The summed E-state index contributed by atoms with van der Waals surface area (Å²) < 4.78 is 30.9. The fraction of sp³-hybridized carbons (Fsp3) is 0.0625. The lowest BCUT2D eigenvalue weighted by atomic mass is 10.2. The number of pyridine rings is 1. The lowest BCUT2D eigenvalue weighted by Crippen LogP contribution is -2.10. The second-order valence-electron chi connectivity index (χ2n) is 4.80. The largest absolute Gasteiger partial charge is 0.377 e. The van der Waals surface area contributed by atoms with Crippen LogP contribution in [0.15, 0.2) is 64.1 Å². The van der Waals surface area contributed by atoms with E-state index in [1.54, 1.807) is 36.5 Å². The number of fused-ring (bicyclic) bond motifs is 1. The smallest absolute Gasteiger partial charge is 0.339 e. The Morgan fingerprint density at radius 1 is 1.05 bits per heavy atom. The summed E-state index contributed by atoms with van der Waals surface area (Å²) in [6, 6.07) is 13.5. The number of halogens is 1. The SMILES string of the molecule is Cc1ccc(S(=O)(=O)Oc2cccc3c(Br)ccnc23)cc1. The molecule has 0 saturated heterocycles. The average Bonchev–Trinajstić information content (AvgIpc) is 2.48. The van der Waals surface area contributed by atoms with E-state index in [0.29, 0.717) is 5.52 Å². The highest BCUT2D eigenvalue weighted by Crippen LogP contribution is 2.30. The van der Waals surface area contributed by atoms with Crippen molar-refractivity contribution in [3.63, 3.8) is 0 Å². The second-order valence-corrected chi connectivity index (χ2v) is 7.20. The molecule has 112 valence electrons. The number of aryl methyl sites for hydroxylation is 1. The van der Waals surface area contributed by atoms with Crippen LogP contribution in [-0.4, -0.2) is 13.4 Å². The Balaban J connectivity index is 2.06. The van der Waals surface area contributed by atoms with E-state index < -0.39 is 10.1 Å². The summed E-state index contributed by atoms with van der Waals surface area (Å²) in [5, 5.41) is 0.791. The number of hydrogen-bond acceptors (Lipinski definition) is 4. The molecule has 0 saturated carbocycles. The van der Waals surface area contributed by atoms with Gasteiger partial charge in [0, 0.05) is 16.1 Å². The van der Waals surface area contributed by atoms with Crippen LogP contribution in [0.5, 0.6) is 5.75 Å². The third kappa shape index (κ3) is 2.84. The Hall–Kier alpha value is -1.92. The molecule has 3 rings (SSSR count). The average molecular weight is 378 g/mol. The number of nitrogens with zero attached hydrogens (tertiary/aromatic N) is 1. The van der Waals surface area contributed by atoms with Crippen molar-refractivity contribution in [1.82, 2.24) is 4.98 Å². The van der Waals surface area contributed by atoms with E-state index >= 15 is 0 Å². The van der Waals surface area contributed by atoms with Crippen LogP contribution in [0.3, 0.4) is 0 Å². The van der Waals surface area contributed by atoms with Gasteiger partial charge in [-0.25, -0.2) is 0 Å². The summed E-state index contributed by atoms with van der Waals surface area (Å²) in [6.45, 7) is 1.89. The Bertz CT molecular complexity index is 937. The van der Waals surface area contributed by atoms with E-state index in [9.17, 15) is 8.42 Å². The standard InChI is InChI=1S/C16H12BrNO3S/c1-11-5-7-12(8-6-11)22(19,20)21-15-4-2-3-13-14(17)9-10-18-16(13)15/h2-10H,1H3. The molecule has 0 spiro atoms. The molecule has 4 nitrogen and oxygen atoms in total. The first-order valence-electron chi connectivity index (χ1n) is 6.52. The minimum absolute atomic E-state index is 0.116. The highest BCUT2D eigenvalue weighted by Gasteiger charge is 2.18. The summed E-state index contributed by atoms with van der Waals surface area (Å²) in [4.78, 5) is 4.33. The number of hydrogen-bond donors (Lipinski definition) is 0. The van der Waals surface area contributed by atoms with Gasteiger partial charge in [-0.3, -0.25) is 4.98 Å². The van der Waals surface area contributed by atoms with Crippen molar-refractivity contribution in [3.05, 3.63) is 64.8 Å². The first-order chi connectivity index (χ1) is 10.5. The van der Waals surface area contributed by atoms with E-state index in [0.717, 1.165) is 15.4 Å². The summed E-state index contributed by atoms with van der Waals surface area (Å²) >= 11 is 3.42. The number of aromatic nitrogens is 1. The van der Waals surface area contributed by atoms with Crippen LogP contribution in [-0.2, 0) is 10.1 Å². The Labute approximate surface area is 137 Å². The second kappa shape index (κ2) is 5.70. The maximum absolute atomic E-state index is 12.4. The first-order valence-corrected chi connectivity index (χ1v) is 8.72. The molecule has 0 aliphatic carbocycles. The predicted octanol–water partition coefficient (Wildman–Crippen LogP) is 4.07. The monoisotopic (exact) mass is 377 g/mol. The van der Waals surface area contributed by atoms with Crippen molar-refractivity contribution >= 4 is 37.0 Å². The zero-order valence-corrected chi connectivity index (χ0v) is 14.1. The molecule has 0 bridgehead atoms. The van der Waals surface area contributed by atoms with E-state index in [4.69, 9.17) is 4.18 Å². The van der Waals surface area contributed by atoms with Crippen molar-refractivity contribution in [1.29, 1.82) is 0 Å². The van der Waals surface area contributed by atoms with Gasteiger partial charge in [0.2, 0.25) is 0 Å². The minimum Gasteiger partial charge on any atom is -0.377 e. The molecule has 0 aliphatic heterocycles. The lowest BCUT2D eigenvalue weighted by molar-refractivity contribution is 0.488. The molecule has 0 aliphatic rings. The molecule has 0 radical (unpaired) electrons. The zero-order chi connectivity index (χ0) is 15.7. The Morgan fingerprint density at radius 3 is 2.50 bits per heavy atom. The van der Waals surface area contributed by atoms with Crippen molar-refractivity contribution in [2.45, 2.75) is 11.8 Å². The van der Waals surface area contributed by atoms with Gasteiger partial charge in [0.25, 0.3) is 0 Å². The van der Waals surface area contributed by atoms with Crippen LogP contribution < -0.4 is 4.18 Å². The van der Waals surface area contributed by atoms with Gasteiger partial charge in [-0.15, -0.1) is 0 Å². The van der Waals surface area contributed by atoms with Crippen molar-refractivity contribution in [2.75, 3.05) is 0 Å². The highest BCUT2D eigenvalue weighted by molar-refractivity contribution is 9.10. The lowest BCUT2D eigenvalue weighted by Gasteiger charge is -2.09. The molecule has 0 N–H and O–H groups in total. The Kier molecular flexibility index (Phi) is 3.88. The van der Waals surface area contributed by atoms with Crippen molar-refractivity contribution < 1.29 is 12.6 Å². The van der Waals surface area contributed by atoms with Gasteiger partial charge in [0.05, 0.1) is 0 Å². The van der Waals surface area contributed by atoms with Gasteiger partial charge < -0.3 is 4.18 Å². The molecule has 0 unspecified atom stereocenters. The fourth-order valence-electron chi connectivity index (χ4n) is 2.05. The van der Waals surface area contributed by atoms with Crippen LogP contribution >= 0.6 is 15.9 Å². The van der Waals surface area contributed by atoms with Gasteiger partial charge in [-0.2, -0.15) is 8.42 Å². The maximum atomic E-state index is 12.4. The Morgan fingerprint density at radius 2 is 1.77 bits per heavy atom. The zero-order valence-electron chi connectivity index (χ0n) is 11.7. The topological polar surface area (TPSA) is 56.3 Å². The van der Waals surface area contributed by atoms with Crippen LogP contribution in [0.2, 0.25) is 0 Å². The minimum atomic E-state index is -3.89. The molecule has 3 aromatic rings. The predicted molar refractivity (Wildman–Crippen MR) is 88.4 cm³/mol. The molecule has 6 heteroatoms. The van der Waals surface area contributed by atoms with Crippen molar-refractivity contribution in [3.8, 4) is 5.75 Å². The summed E-state index contributed by atoms with van der Waals surface area (Å²) in [6.07, 6.45) is 1.60. The molecular weight excluding hydrogens is 366 g/mol. The van der Waals surface area contributed by atoms with Crippen LogP contribution in [0.25, 0.3) is 10.9 Å². The number of rotatable bonds is 3. The molecule has 0 atom stereocenters. The van der Waals surface area contributed by atoms with Crippen LogP contribution in [0.4, 0.5) is 0 Å². The summed E-state index contributed by atoms with van der Waals surface area (Å²) in [7, 11) is -3.89. The third-order valence-electron chi connectivity index (χ3n) is 3.19. The molecule has 2 aromatic carbocycles. The van der Waals surface area contributed by atoms with Gasteiger partial charge in [-0.05, 0) is 31.2 Å². The van der Waals surface area contributed by atoms with E-state index in [1.807, 2.05) is 13.0 Å². The third-order valence-corrected chi connectivity index (χ3v) is 5.13. The fourth-order valence-corrected chi connectivity index (χ4v) is 3.43. The molecule has 22 heavy (non-hydrogen) atoms. The van der Waals surface area contributed by atoms with E-state index in [-0.39, 0.29) is 10.6 Å². The number of benzene rings is 2. The first kappa shape index (κ1) is 15.0. The van der Waals surface area contributed by atoms with E-state index in [2.05, 4.69) is 20.9 Å². The maximum Gasteiger partial charge on any atom is 0.339 e. The summed E-state index contributed by atoms with van der Waals surface area (Å²) in [5.41, 5.74) is 1.47. The van der Waals surface area contributed by atoms with Gasteiger partial charge in [0.15, 0.2) is 5.75 Å². The molecular formula is C16H12BrNO3S. The van der Waals surface area contributed by atoms with Gasteiger partial charge >= 0.3 is 10.1 Å². The van der Waals surface area contributed by atoms with Gasteiger partial charge in [0.1, 0.15) is 10.4 Å². The number of para-hydroxylation sites is 1. The van der Waals surface area contributed by atoms with Crippen LogP contribution in [0, 0.1) is 6.92 Å². The molecule has 1 heterocycles. The quantitative estimate of drug-likeness (QED) is 0.645. The normalized spacial score (nSPS) is 11.5. The van der Waals surface area contributed by atoms with Crippen molar-refractivity contribution in [2.24, 2.45) is 0 Å².